The van der Waals surface area contributed by atoms with Crippen molar-refractivity contribution in [2.45, 2.75) is 38.5 Å². The van der Waals surface area contributed by atoms with Crippen LogP contribution in [0, 0.1) is 0 Å². The molecule has 0 aromatic carbocycles. The number of esters is 1. The predicted octanol–water partition coefficient (Wildman–Crippen LogP) is 0.803. The summed E-state index contributed by atoms with van der Waals surface area (Å²) < 4.78 is 49.8. The lowest BCUT2D eigenvalue weighted by Gasteiger charge is -2.28. The zero-order valence-corrected chi connectivity index (χ0v) is 14.4. The number of carboxylic acid groups (broad SMARTS) is 1. The largest absolute Gasteiger partial charge is 0.490 e. The highest BCUT2D eigenvalue weighted by molar-refractivity contribution is 5.79. The number of hydroxylamine groups is 2. The van der Waals surface area contributed by atoms with Crippen LogP contribution >= 0.6 is 0 Å². The van der Waals surface area contributed by atoms with Crippen molar-refractivity contribution < 1.29 is 46.6 Å². The third-order valence-electron chi connectivity index (χ3n) is 3.62. The molecular formula is C14H19F4N3O6. The molecule has 2 aliphatic heterocycles. The van der Waals surface area contributed by atoms with Crippen LogP contribution in [-0.4, -0.2) is 77.4 Å². The fourth-order valence-electron chi connectivity index (χ4n) is 2.45. The second-order valence-corrected chi connectivity index (χ2v) is 5.47. The lowest BCUT2D eigenvalue weighted by atomic mass is 10.0. The molecule has 0 aromatic heterocycles. The number of rotatable bonds is 5. The van der Waals surface area contributed by atoms with Crippen molar-refractivity contribution in [1.29, 1.82) is 0 Å². The minimum Gasteiger partial charge on any atom is -0.475 e. The van der Waals surface area contributed by atoms with Crippen molar-refractivity contribution in [3.63, 3.8) is 0 Å². The monoisotopic (exact) mass is 401 g/mol. The SMILES string of the molecule is CCOC(=O)[C@H](F)ON1C(=O)N2C[C@H]1C=C(C)[C@H]2CN.O=C(O)C(F)(F)F. The Bertz CT molecular complexity index is 612. The number of ether oxygens (including phenoxy) is 1. The number of aliphatic carboxylic acids is 1. The molecule has 0 radical (unpaired) electrons. The summed E-state index contributed by atoms with van der Waals surface area (Å²) >= 11 is 0. The first-order chi connectivity index (χ1) is 12.4. The van der Waals surface area contributed by atoms with Gasteiger partial charge in [-0.05, 0) is 13.8 Å². The molecule has 2 bridgehead atoms. The smallest absolute Gasteiger partial charge is 0.475 e. The number of alkyl halides is 4. The number of carbonyl (C=O) groups excluding carboxylic acids is 2. The van der Waals surface area contributed by atoms with Gasteiger partial charge in [0.05, 0.1) is 18.7 Å². The van der Waals surface area contributed by atoms with E-state index in [0.29, 0.717) is 6.54 Å². The minimum absolute atomic E-state index is 0.0420. The van der Waals surface area contributed by atoms with Crippen LogP contribution in [0.1, 0.15) is 13.8 Å². The number of amides is 2. The highest BCUT2D eigenvalue weighted by Gasteiger charge is 2.46. The van der Waals surface area contributed by atoms with Gasteiger partial charge in [-0.2, -0.15) is 18.2 Å². The van der Waals surface area contributed by atoms with Gasteiger partial charge in [-0.25, -0.2) is 23.6 Å². The number of hydrogen-bond acceptors (Lipinski definition) is 6. The molecule has 0 spiro atoms. The summed E-state index contributed by atoms with van der Waals surface area (Å²) in [7, 11) is 0. The molecular weight excluding hydrogens is 382 g/mol. The van der Waals surface area contributed by atoms with Crippen molar-refractivity contribution in [1.82, 2.24) is 9.96 Å². The average Bonchev–Trinajstić information content (AvgIpc) is 2.80. The van der Waals surface area contributed by atoms with E-state index in [-0.39, 0.29) is 19.2 Å². The molecule has 0 aliphatic carbocycles. The summed E-state index contributed by atoms with van der Waals surface area (Å²) in [5.41, 5.74) is 6.56. The Balaban J connectivity index is 0.000000445. The fourth-order valence-corrected chi connectivity index (χ4v) is 2.45. The average molecular weight is 401 g/mol. The summed E-state index contributed by atoms with van der Waals surface area (Å²) in [5.74, 6) is -3.90. The summed E-state index contributed by atoms with van der Waals surface area (Å²) in [6.45, 7) is 4.10. The molecule has 2 aliphatic rings. The molecule has 154 valence electrons. The molecule has 2 amide bonds. The van der Waals surface area contributed by atoms with E-state index in [0.717, 1.165) is 10.6 Å². The van der Waals surface area contributed by atoms with Gasteiger partial charge in [-0.3, -0.25) is 0 Å². The van der Waals surface area contributed by atoms with E-state index in [1.54, 1.807) is 13.0 Å². The molecule has 0 unspecified atom stereocenters. The number of halogens is 4. The van der Waals surface area contributed by atoms with Crippen LogP contribution in [0.15, 0.2) is 11.6 Å². The van der Waals surface area contributed by atoms with Gasteiger partial charge in [0.2, 0.25) is 0 Å². The molecule has 13 heteroatoms. The number of hydrogen-bond donors (Lipinski definition) is 2. The van der Waals surface area contributed by atoms with Crippen LogP contribution in [0.4, 0.5) is 22.4 Å². The minimum atomic E-state index is -5.08. The highest BCUT2D eigenvalue weighted by atomic mass is 19.4. The van der Waals surface area contributed by atoms with Crippen molar-refractivity contribution in [2.75, 3.05) is 19.7 Å². The Morgan fingerprint density at radius 2 is 2.00 bits per heavy atom. The second-order valence-electron chi connectivity index (χ2n) is 5.47. The van der Waals surface area contributed by atoms with Crippen LogP contribution in [0.5, 0.6) is 0 Å². The molecule has 3 atom stereocenters. The van der Waals surface area contributed by atoms with Crippen LogP contribution < -0.4 is 5.73 Å². The maximum Gasteiger partial charge on any atom is 0.490 e. The molecule has 1 saturated heterocycles. The van der Waals surface area contributed by atoms with Crippen molar-refractivity contribution in [3.05, 3.63) is 11.6 Å². The van der Waals surface area contributed by atoms with E-state index >= 15 is 0 Å². The van der Waals surface area contributed by atoms with Gasteiger partial charge in [0, 0.05) is 13.1 Å². The normalized spacial score (nSPS) is 22.6. The molecule has 9 nitrogen and oxygen atoms in total. The first-order valence-corrected chi connectivity index (χ1v) is 7.69. The van der Waals surface area contributed by atoms with E-state index < -0.39 is 36.5 Å². The van der Waals surface area contributed by atoms with Crippen LogP contribution in [0.2, 0.25) is 0 Å². The Morgan fingerprint density at radius 1 is 1.44 bits per heavy atom. The van der Waals surface area contributed by atoms with Gasteiger partial charge in [-0.15, -0.1) is 0 Å². The molecule has 2 rings (SSSR count). The van der Waals surface area contributed by atoms with Gasteiger partial charge in [0.25, 0.3) is 0 Å². The standard InChI is InChI=1S/C12H18FN3O4.C2HF3O2/c1-3-19-11(17)10(13)20-16-8-4-7(2)9(5-14)15(6-8)12(16)18;3-2(4,5)1(6)7/h4,8-10H,3,5-6,14H2,1-2H3;(H,6,7)/t8-,9-,10-;/m1./s1. The van der Waals surface area contributed by atoms with E-state index in [1.165, 1.54) is 4.90 Å². The van der Waals surface area contributed by atoms with Gasteiger partial charge in [0.1, 0.15) is 0 Å². The number of urea groups is 1. The summed E-state index contributed by atoms with van der Waals surface area (Å²) in [6.07, 6.45) is -5.60. The number of nitrogens with two attached hydrogens (primary N) is 1. The van der Waals surface area contributed by atoms with Gasteiger partial charge >= 0.3 is 30.5 Å². The summed E-state index contributed by atoms with van der Waals surface area (Å²) in [5, 5.41) is 8.00. The number of carboxylic acids is 1. The third kappa shape index (κ3) is 5.53. The Labute approximate surface area is 151 Å². The molecule has 0 saturated carbocycles. The predicted molar refractivity (Wildman–Crippen MR) is 80.6 cm³/mol. The molecule has 1 fully saturated rings. The fraction of sp³-hybridized carbons (Fsp3) is 0.643. The summed E-state index contributed by atoms with van der Waals surface area (Å²) in [4.78, 5) is 38.6. The van der Waals surface area contributed by atoms with Crippen LogP contribution in [0.25, 0.3) is 0 Å². The second kappa shape index (κ2) is 8.99. The Kier molecular flexibility index (Phi) is 7.54. The number of nitrogens with zero attached hydrogens (tertiary/aromatic N) is 2. The van der Waals surface area contributed by atoms with Crippen LogP contribution in [0.3, 0.4) is 0 Å². The van der Waals surface area contributed by atoms with E-state index in [2.05, 4.69) is 4.74 Å². The lowest BCUT2D eigenvalue weighted by molar-refractivity contribution is -0.223. The Hall–Kier alpha value is -2.41. The summed E-state index contributed by atoms with van der Waals surface area (Å²) in [6, 6.07) is -1.13. The first kappa shape index (κ1) is 22.6. The maximum absolute atomic E-state index is 13.6. The molecule has 3 N–H and O–H groups in total. The molecule has 2 heterocycles. The number of fused-ring (bicyclic) bond motifs is 2. The number of carbonyl (C=O) groups is 3. The zero-order chi connectivity index (χ0) is 20.9. The Morgan fingerprint density at radius 3 is 2.44 bits per heavy atom. The van der Waals surface area contributed by atoms with Crippen LogP contribution in [-0.2, 0) is 19.2 Å². The van der Waals surface area contributed by atoms with Gasteiger partial charge in [0.15, 0.2) is 0 Å². The van der Waals surface area contributed by atoms with E-state index in [1.807, 2.05) is 6.92 Å². The quantitative estimate of drug-likeness (QED) is 0.397. The van der Waals surface area contributed by atoms with Gasteiger partial charge in [-0.1, -0.05) is 11.6 Å². The molecule has 27 heavy (non-hydrogen) atoms. The van der Waals surface area contributed by atoms with Crippen molar-refractivity contribution in [3.8, 4) is 0 Å². The van der Waals surface area contributed by atoms with E-state index in [4.69, 9.17) is 20.5 Å². The van der Waals surface area contributed by atoms with Crippen molar-refractivity contribution in [2.24, 2.45) is 5.73 Å². The zero-order valence-electron chi connectivity index (χ0n) is 14.4. The third-order valence-corrected chi connectivity index (χ3v) is 3.62. The lowest BCUT2D eigenvalue weighted by Crippen LogP contribution is -2.44. The maximum atomic E-state index is 13.6. The highest BCUT2D eigenvalue weighted by Crippen LogP contribution is 2.29. The molecule has 0 aromatic rings. The van der Waals surface area contributed by atoms with Gasteiger partial charge < -0.3 is 20.5 Å². The topological polar surface area (TPSA) is 122 Å². The van der Waals surface area contributed by atoms with E-state index in [9.17, 15) is 27.2 Å². The van der Waals surface area contributed by atoms with Crippen molar-refractivity contribution >= 4 is 18.0 Å². The first-order valence-electron chi connectivity index (χ1n) is 7.69.